The van der Waals surface area contributed by atoms with Crippen LogP contribution in [0, 0.1) is 0 Å². The second-order valence-electron chi connectivity index (χ2n) is 7.13. The van der Waals surface area contributed by atoms with Gasteiger partial charge in [0.2, 0.25) is 5.91 Å². The summed E-state index contributed by atoms with van der Waals surface area (Å²) in [5, 5.41) is 0.248. The second kappa shape index (κ2) is 10.3. The summed E-state index contributed by atoms with van der Waals surface area (Å²) in [7, 11) is -3.97. The Labute approximate surface area is 191 Å². The molecule has 0 unspecified atom stereocenters. The van der Waals surface area contributed by atoms with Crippen molar-refractivity contribution in [3.8, 4) is 0 Å². The normalized spacial score (nSPS) is 11.9. The molecule has 0 fully saturated rings. The van der Waals surface area contributed by atoms with Gasteiger partial charge in [0.15, 0.2) is 0 Å². The molecule has 0 bridgehead atoms. The van der Waals surface area contributed by atoms with E-state index in [0.29, 0.717) is 0 Å². The standard InChI is InChI=1S/C23H22ClN3O4S/c1-16(17-8-3-2-4-9-17)14-22(28)25-26-23(29)18-10-7-11-19(15-18)32(30,31)27-21-13-6-5-12-20(21)24/h2-13,15-16,27H,14H2,1H3,(H,25,28)(H,26,29)/t16-/m1/s1. The van der Waals surface area contributed by atoms with Crippen molar-refractivity contribution in [1.29, 1.82) is 0 Å². The molecule has 32 heavy (non-hydrogen) atoms. The molecule has 166 valence electrons. The third-order valence-electron chi connectivity index (χ3n) is 4.70. The van der Waals surface area contributed by atoms with Gasteiger partial charge >= 0.3 is 0 Å². The molecule has 9 heteroatoms. The molecule has 3 rings (SSSR count). The van der Waals surface area contributed by atoms with Crippen LogP contribution in [0.3, 0.4) is 0 Å². The predicted octanol–water partition coefficient (Wildman–Crippen LogP) is 4.10. The number of hydrogen-bond donors (Lipinski definition) is 3. The van der Waals surface area contributed by atoms with Gasteiger partial charge in [0, 0.05) is 12.0 Å². The zero-order valence-electron chi connectivity index (χ0n) is 17.2. The molecule has 0 aliphatic rings. The smallest absolute Gasteiger partial charge is 0.269 e. The molecule has 0 aromatic heterocycles. The molecule has 0 saturated heterocycles. The number of rotatable bonds is 7. The van der Waals surface area contributed by atoms with Crippen molar-refractivity contribution in [3.05, 3.63) is 95.0 Å². The Morgan fingerprint density at radius 3 is 2.31 bits per heavy atom. The van der Waals surface area contributed by atoms with Crippen LogP contribution in [-0.4, -0.2) is 20.2 Å². The third-order valence-corrected chi connectivity index (χ3v) is 6.39. The molecule has 3 N–H and O–H groups in total. The molecule has 0 aliphatic carbocycles. The number of anilines is 1. The first-order valence-electron chi connectivity index (χ1n) is 9.78. The Kier molecular flexibility index (Phi) is 7.50. The lowest BCUT2D eigenvalue weighted by Gasteiger charge is -2.13. The van der Waals surface area contributed by atoms with Crippen LogP contribution < -0.4 is 15.6 Å². The monoisotopic (exact) mass is 471 g/mol. The van der Waals surface area contributed by atoms with E-state index in [4.69, 9.17) is 11.6 Å². The number of halogens is 1. The van der Waals surface area contributed by atoms with Gasteiger partial charge in [-0.25, -0.2) is 8.42 Å². The summed E-state index contributed by atoms with van der Waals surface area (Å²) in [4.78, 5) is 24.5. The molecule has 3 aromatic rings. The van der Waals surface area contributed by atoms with Gasteiger partial charge in [-0.2, -0.15) is 0 Å². The quantitative estimate of drug-likeness (QED) is 0.451. The average molecular weight is 472 g/mol. The summed E-state index contributed by atoms with van der Waals surface area (Å²) < 4.78 is 27.8. The Bertz CT molecular complexity index is 1220. The first-order chi connectivity index (χ1) is 15.3. The van der Waals surface area contributed by atoms with Crippen LogP contribution in [0.1, 0.15) is 35.2 Å². The topological polar surface area (TPSA) is 104 Å². The van der Waals surface area contributed by atoms with Crippen molar-refractivity contribution in [2.24, 2.45) is 0 Å². The van der Waals surface area contributed by atoms with Gasteiger partial charge in [0.25, 0.3) is 15.9 Å². The van der Waals surface area contributed by atoms with Crippen molar-refractivity contribution >= 4 is 39.1 Å². The van der Waals surface area contributed by atoms with Crippen LogP contribution in [0.15, 0.2) is 83.8 Å². The Hall–Kier alpha value is -3.36. The van der Waals surface area contributed by atoms with Crippen molar-refractivity contribution < 1.29 is 18.0 Å². The van der Waals surface area contributed by atoms with Crippen LogP contribution >= 0.6 is 11.6 Å². The highest BCUT2D eigenvalue weighted by Gasteiger charge is 2.18. The third kappa shape index (κ3) is 6.09. The lowest BCUT2D eigenvalue weighted by Crippen LogP contribution is -2.42. The Morgan fingerprint density at radius 2 is 1.59 bits per heavy atom. The average Bonchev–Trinajstić information content (AvgIpc) is 2.79. The number of nitrogens with one attached hydrogen (secondary N) is 3. The van der Waals surface area contributed by atoms with Crippen LogP contribution in [-0.2, 0) is 14.8 Å². The van der Waals surface area contributed by atoms with Gasteiger partial charge < -0.3 is 0 Å². The predicted molar refractivity (Wildman–Crippen MR) is 124 cm³/mol. The number of amides is 2. The number of benzene rings is 3. The molecule has 1 atom stereocenters. The van der Waals surface area contributed by atoms with Gasteiger partial charge in [-0.05, 0) is 41.8 Å². The fourth-order valence-corrected chi connectivity index (χ4v) is 4.34. The van der Waals surface area contributed by atoms with Crippen LogP contribution in [0.5, 0.6) is 0 Å². The van der Waals surface area contributed by atoms with Gasteiger partial charge in [0.1, 0.15) is 0 Å². The minimum absolute atomic E-state index is 0.0301. The van der Waals surface area contributed by atoms with Gasteiger partial charge in [0.05, 0.1) is 15.6 Å². The van der Waals surface area contributed by atoms with Gasteiger partial charge in [-0.1, -0.05) is 67.1 Å². The van der Waals surface area contributed by atoms with Crippen LogP contribution in [0.2, 0.25) is 5.02 Å². The first-order valence-corrected chi connectivity index (χ1v) is 11.6. The molecular formula is C23H22ClN3O4S. The van der Waals surface area contributed by atoms with Crippen LogP contribution in [0.25, 0.3) is 0 Å². The lowest BCUT2D eigenvalue weighted by molar-refractivity contribution is -0.122. The number of hydrazine groups is 1. The van der Waals surface area contributed by atoms with Crippen LogP contribution in [0.4, 0.5) is 5.69 Å². The fraction of sp³-hybridized carbons (Fsp3) is 0.130. The zero-order chi connectivity index (χ0) is 23.1. The van der Waals surface area contributed by atoms with Crippen molar-refractivity contribution in [2.45, 2.75) is 24.2 Å². The molecule has 0 aliphatic heterocycles. The molecule has 3 aromatic carbocycles. The van der Waals surface area contributed by atoms with E-state index in [2.05, 4.69) is 15.6 Å². The molecular weight excluding hydrogens is 450 g/mol. The number of carbonyl (C=O) groups excluding carboxylic acids is 2. The SMILES string of the molecule is C[C@H](CC(=O)NNC(=O)c1cccc(S(=O)(=O)Nc2ccccc2Cl)c1)c1ccccc1. The summed E-state index contributed by atoms with van der Waals surface area (Å²) in [6.07, 6.45) is 0.181. The van der Waals surface area contributed by atoms with E-state index in [1.54, 1.807) is 18.2 Å². The summed E-state index contributed by atoms with van der Waals surface area (Å²) in [5.74, 6) is -1.03. The Balaban J connectivity index is 1.62. The summed E-state index contributed by atoms with van der Waals surface area (Å²) >= 11 is 6.01. The first kappa shape index (κ1) is 23.3. The van der Waals surface area contributed by atoms with Gasteiger partial charge in [-0.3, -0.25) is 25.2 Å². The molecule has 0 spiro atoms. The number of carbonyl (C=O) groups is 2. The summed E-state index contributed by atoms with van der Waals surface area (Å²) in [6.45, 7) is 1.91. The lowest BCUT2D eigenvalue weighted by atomic mass is 9.98. The van der Waals surface area contributed by atoms with E-state index in [0.717, 1.165) is 5.56 Å². The molecule has 2 amide bonds. The minimum atomic E-state index is -3.97. The summed E-state index contributed by atoms with van der Waals surface area (Å²) in [6, 6.07) is 21.4. The van der Waals surface area contributed by atoms with E-state index in [-0.39, 0.29) is 39.4 Å². The highest BCUT2D eigenvalue weighted by molar-refractivity contribution is 7.92. The molecule has 0 heterocycles. The van der Waals surface area contributed by atoms with Crippen molar-refractivity contribution in [3.63, 3.8) is 0 Å². The van der Waals surface area contributed by atoms with Crippen molar-refractivity contribution in [1.82, 2.24) is 10.9 Å². The van der Waals surface area contributed by atoms with E-state index in [1.807, 2.05) is 37.3 Å². The van der Waals surface area contributed by atoms with E-state index >= 15 is 0 Å². The Morgan fingerprint density at radius 1 is 0.906 bits per heavy atom. The largest absolute Gasteiger partial charge is 0.278 e. The second-order valence-corrected chi connectivity index (χ2v) is 9.22. The number of hydrogen-bond acceptors (Lipinski definition) is 4. The maximum absolute atomic E-state index is 12.7. The fourth-order valence-electron chi connectivity index (χ4n) is 2.98. The molecule has 0 radical (unpaired) electrons. The number of sulfonamides is 1. The van der Waals surface area contributed by atoms with Crippen molar-refractivity contribution in [2.75, 3.05) is 4.72 Å². The highest BCUT2D eigenvalue weighted by atomic mass is 35.5. The maximum atomic E-state index is 12.7. The van der Waals surface area contributed by atoms with E-state index in [1.165, 1.54) is 30.3 Å². The highest BCUT2D eigenvalue weighted by Crippen LogP contribution is 2.24. The molecule has 0 saturated carbocycles. The van der Waals surface area contributed by atoms with E-state index < -0.39 is 15.9 Å². The maximum Gasteiger partial charge on any atom is 0.269 e. The summed E-state index contributed by atoms with van der Waals surface area (Å²) in [5.41, 5.74) is 5.99. The zero-order valence-corrected chi connectivity index (χ0v) is 18.8. The minimum Gasteiger partial charge on any atom is -0.278 e. The van der Waals surface area contributed by atoms with E-state index in [9.17, 15) is 18.0 Å². The molecule has 7 nitrogen and oxygen atoms in total. The van der Waals surface area contributed by atoms with Gasteiger partial charge in [-0.15, -0.1) is 0 Å². The number of para-hydroxylation sites is 1.